The first-order valence-electron chi connectivity index (χ1n) is 8.55. The average Bonchev–Trinajstić information content (AvgIpc) is 2.98. The summed E-state index contributed by atoms with van der Waals surface area (Å²) < 4.78 is 45.5. The van der Waals surface area contributed by atoms with E-state index >= 15 is 0 Å². The second-order valence-corrected chi connectivity index (χ2v) is 7.82. The Morgan fingerprint density at radius 2 is 1.82 bits per heavy atom. The maximum absolute atomic E-state index is 13.0. The zero-order valence-electron chi connectivity index (χ0n) is 15.8. The van der Waals surface area contributed by atoms with Gasteiger partial charge in [0.05, 0.1) is 6.54 Å². The van der Waals surface area contributed by atoms with Gasteiger partial charge in [-0.2, -0.15) is 18.2 Å². The molecule has 150 valence electrons. The van der Waals surface area contributed by atoms with Gasteiger partial charge in [-0.15, -0.1) is 5.10 Å². The summed E-state index contributed by atoms with van der Waals surface area (Å²) in [5, 5.41) is 8.52. The summed E-state index contributed by atoms with van der Waals surface area (Å²) in [7, 11) is 0. The molecule has 1 aromatic carbocycles. The molecule has 0 aliphatic rings. The summed E-state index contributed by atoms with van der Waals surface area (Å²) in [6.45, 7) is 6.73. The SMILES string of the molecule is C[C@H](Oc1nc(C(C)(C)C)nc2c1nnn2Cc1ccccc1Cl)C(F)(F)F. The molecule has 0 saturated heterocycles. The largest absolute Gasteiger partial charge is 0.463 e. The van der Waals surface area contributed by atoms with Crippen molar-refractivity contribution in [3.05, 3.63) is 40.7 Å². The minimum Gasteiger partial charge on any atom is -0.463 e. The Kier molecular flexibility index (Phi) is 5.22. The molecule has 10 heteroatoms. The highest BCUT2D eigenvalue weighted by Crippen LogP contribution is 2.30. The highest BCUT2D eigenvalue weighted by Gasteiger charge is 2.39. The number of hydrogen-bond donors (Lipinski definition) is 0. The zero-order chi connectivity index (χ0) is 20.7. The fraction of sp³-hybridized carbons (Fsp3) is 0.444. The Morgan fingerprint density at radius 1 is 1.14 bits per heavy atom. The number of aromatic nitrogens is 5. The van der Waals surface area contributed by atoms with Gasteiger partial charge in [-0.3, -0.25) is 0 Å². The van der Waals surface area contributed by atoms with E-state index in [4.69, 9.17) is 16.3 Å². The van der Waals surface area contributed by atoms with Crippen molar-refractivity contribution in [1.82, 2.24) is 25.0 Å². The van der Waals surface area contributed by atoms with Gasteiger partial charge in [0.2, 0.25) is 5.88 Å². The molecule has 0 amide bonds. The summed E-state index contributed by atoms with van der Waals surface area (Å²) in [6, 6.07) is 7.20. The van der Waals surface area contributed by atoms with Crippen molar-refractivity contribution in [2.45, 2.75) is 51.9 Å². The molecule has 2 heterocycles. The molecular weight excluding hydrogens is 395 g/mol. The van der Waals surface area contributed by atoms with Gasteiger partial charge in [0.25, 0.3) is 0 Å². The van der Waals surface area contributed by atoms with Crippen molar-refractivity contribution in [3.63, 3.8) is 0 Å². The van der Waals surface area contributed by atoms with Crippen LogP contribution < -0.4 is 4.74 Å². The predicted molar refractivity (Wildman–Crippen MR) is 98.5 cm³/mol. The van der Waals surface area contributed by atoms with E-state index in [2.05, 4.69) is 20.3 Å². The van der Waals surface area contributed by atoms with Crippen LogP contribution in [-0.4, -0.2) is 37.2 Å². The van der Waals surface area contributed by atoms with Gasteiger partial charge in [-0.1, -0.05) is 55.8 Å². The highest BCUT2D eigenvalue weighted by molar-refractivity contribution is 6.31. The van der Waals surface area contributed by atoms with Crippen molar-refractivity contribution >= 4 is 22.8 Å². The standard InChI is InChI=1S/C18H19ClF3N5O/c1-10(18(20,21)22)28-15-13-14(23-16(24-15)17(2,3)4)27(26-25-13)9-11-7-5-6-8-12(11)19/h5-8,10H,9H2,1-4H3/t10-/m0/s1. The van der Waals surface area contributed by atoms with Crippen molar-refractivity contribution in [1.29, 1.82) is 0 Å². The monoisotopic (exact) mass is 413 g/mol. The van der Waals surface area contributed by atoms with Crippen LogP contribution in [0.4, 0.5) is 13.2 Å². The van der Waals surface area contributed by atoms with Crippen LogP contribution in [0.1, 0.15) is 39.1 Å². The van der Waals surface area contributed by atoms with Crippen molar-refractivity contribution in [3.8, 4) is 5.88 Å². The maximum atomic E-state index is 13.0. The lowest BCUT2D eigenvalue weighted by Crippen LogP contribution is -2.32. The quantitative estimate of drug-likeness (QED) is 0.627. The number of ether oxygens (including phenoxy) is 1. The molecule has 0 aliphatic carbocycles. The summed E-state index contributed by atoms with van der Waals surface area (Å²) in [5.74, 6) is 0.0808. The third kappa shape index (κ3) is 4.19. The van der Waals surface area contributed by atoms with E-state index in [1.807, 2.05) is 32.9 Å². The van der Waals surface area contributed by atoms with E-state index in [1.165, 1.54) is 4.68 Å². The fourth-order valence-electron chi connectivity index (χ4n) is 2.38. The summed E-state index contributed by atoms with van der Waals surface area (Å²) in [5.41, 5.74) is 0.603. The number of fused-ring (bicyclic) bond motifs is 1. The molecule has 0 aliphatic heterocycles. The van der Waals surface area contributed by atoms with Crippen molar-refractivity contribution < 1.29 is 17.9 Å². The van der Waals surface area contributed by atoms with Crippen LogP contribution in [0.2, 0.25) is 5.02 Å². The minimum absolute atomic E-state index is 0.0659. The predicted octanol–water partition coefficient (Wildman–Crippen LogP) is 4.55. The summed E-state index contributed by atoms with van der Waals surface area (Å²) >= 11 is 6.20. The second kappa shape index (κ2) is 7.20. The number of benzene rings is 1. The van der Waals surface area contributed by atoms with Gasteiger partial charge < -0.3 is 4.74 Å². The lowest BCUT2D eigenvalue weighted by atomic mass is 9.96. The Bertz CT molecular complexity index is 997. The molecule has 0 saturated carbocycles. The number of hydrogen-bond acceptors (Lipinski definition) is 5. The van der Waals surface area contributed by atoms with Crippen LogP contribution in [0, 0.1) is 0 Å². The van der Waals surface area contributed by atoms with E-state index in [0.717, 1.165) is 12.5 Å². The average molecular weight is 414 g/mol. The normalized spacial score (nSPS) is 13.7. The molecule has 0 unspecified atom stereocenters. The molecule has 3 aromatic rings. The number of alkyl halides is 3. The van der Waals surface area contributed by atoms with E-state index < -0.39 is 17.7 Å². The molecule has 0 N–H and O–H groups in total. The van der Waals surface area contributed by atoms with Crippen LogP contribution in [0.15, 0.2) is 24.3 Å². The first-order chi connectivity index (χ1) is 13.0. The molecule has 0 bridgehead atoms. The Balaban J connectivity index is 2.11. The van der Waals surface area contributed by atoms with E-state index in [9.17, 15) is 13.2 Å². The number of rotatable bonds is 4. The van der Waals surface area contributed by atoms with Crippen LogP contribution in [-0.2, 0) is 12.0 Å². The first kappa shape index (κ1) is 20.3. The van der Waals surface area contributed by atoms with Crippen molar-refractivity contribution in [2.24, 2.45) is 0 Å². The van der Waals surface area contributed by atoms with E-state index in [-0.39, 0.29) is 23.6 Å². The van der Waals surface area contributed by atoms with Gasteiger partial charge in [0, 0.05) is 10.4 Å². The minimum atomic E-state index is -4.53. The molecule has 1 atom stereocenters. The Hall–Kier alpha value is -2.42. The van der Waals surface area contributed by atoms with Gasteiger partial charge in [0.15, 0.2) is 17.3 Å². The fourth-order valence-corrected chi connectivity index (χ4v) is 2.57. The number of nitrogens with zero attached hydrogens (tertiary/aromatic N) is 5. The molecule has 0 spiro atoms. The topological polar surface area (TPSA) is 65.7 Å². The van der Waals surface area contributed by atoms with Crippen LogP contribution in [0.3, 0.4) is 0 Å². The Morgan fingerprint density at radius 3 is 2.43 bits per heavy atom. The van der Waals surface area contributed by atoms with Crippen molar-refractivity contribution in [2.75, 3.05) is 0 Å². The van der Waals surface area contributed by atoms with Crippen LogP contribution >= 0.6 is 11.6 Å². The molecule has 28 heavy (non-hydrogen) atoms. The molecule has 3 rings (SSSR count). The van der Waals surface area contributed by atoms with Gasteiger partial charge in [-0.25, -0.2) is 9.67 Å². The van der Waals surface area contributed by atoms with Gasteiger partial charge in [0.1, 0.15) is 5.82 Å². The summed E-state index contributed by atoms with van der Waals surface area (Å²) in [4.78, 5) is 8.67. The third-order valence-electron chi connectivity index (χ3n) is 4.03. The Labute approximate surface area is 164 Å². The third-order valence-corrected chi connectivity index (χ3v) is 4.40. The first-order valence-corrected chi connectivity index (χ1v) is 8.93. The highest BCUT2D eigenvalue weighted by atomic mass is 35.5. The number of halogens is 4. The van der Waals surface area contributed by atoms with Crippen LogP contribution in [0.25, 0.3) is 11.2 Å². The molecular formula is C18H19ClF3N5O. The maximum Gasteiger partial charge on any atom is 0.425 e. The lowest BCUT2D eigenvalue weighted by molar-refractivity contribution is -0.189. The molecule has 0 fully saturated rings. The lowest BCUT2D eigenvalue weighted by Gasteiger charge is -2.20. The second-order valence-electron chi connectivity index (χ2n) is 7.41. The van der Waals surface area contributed by atoms with Gasteiger partial charge in [-0.05, 0) is 18.6 Å². The molecule has 2 aromatic heterocycles. The zero-order valence-corrected chi connectivity index (χ0v) is 16.5. The molecule has 6 nitrogen and oxygen atoms in total. The van der Waals surface area contributed by atoms with E-state index in [1.54, 1.807) is 12.1 Å². The van der Waals surface area contributed by atoms with Crippen LogP contribution in [0.5, 0.6) is 5.88 Å². The van der Waals surface area contributed by atoms with E-state index in [0.29, 0.717) is 10.8 Å². The summed E-state index contributed by atoms with van der Waals surface area (Å²) in [6.07, 6.45) is -6.58. The molecule has 0 radical (unpaired) electrons. The van der Waals surface area contributed by atoms with Gasteiger partial charge >= 0.3 is 6.18 Å². The smallest absolute Gasteiger partial charge is 0.425 e.